The average Bonchev–Trinajstić information content (AvgIpc) is 2.70. The predicted octanol–water partition coefficient (Wildman–Crippen LogP) is 4.15. The molecule has 0 spiro atoms. The minimum atomic E-state index is -0.350. The van der Waals surface area contributed by atoms with Crippen molar-refractivity contribution < 1.29 is 9.21 Å². The van der Waals surface area contributed by atoms with Gasteiger partial charge in [-0.25, -0.2) is 0 Å². The average molecular weight is 270 g/mol. The van der Waals surface area contributed by atoms with Gasteiger partial charge in [-0.1, -0.05) is 23.2 Å². The van der Waals surface area contributed by atoms with Crippen LogP contribution < -0.4 is 5.32 Å². The first-order chi connectivity index (χ1) is 8.08. The van der Waals surface area contributed by atoms with Gasteiger partial charge in [-0.3, -0.25) is 4.79 Å². The number of aryl methyl sites for hydroxylation is 1. The minimum Gasteiger partial charge on any atom is -0.459 e. The second-order valence-corrected chi connectivity index (χ2v) is 4.35. The molecule has 5 heteroatoms. The van der Waals surface area contributed by atoms with Crippen LogP contribution in [0.2, 0.25) is 10.0 Å². The molecule has 0 fully saturated rings. The Morgan fingerprint density at radius 1 is 1.29 bits per heavy atom. The molecule has 0 aliphatic rings. The number of benzene rings is 1. The quantitative estimate of drug-likeness (QED) is 0.890. The Hall–Kier alpha value is -1.45. The molecule has 0 aliphatic heterocycles. The van der Waals surface area contributed by atoms with E-state index < -0.39 is 0 Å². The molecular weight excluding hydrogens is 261 g/mol. The van der Waals surface area contributed by atoms with Crippen molar-refractivity contribution in [2.24, 2.45) is 0 Å². The molecule has 0 bridgehead atoms. The summed E-state index contributed by atoms with van der Waals surface area (Å²) < 4.78 is 5.08. The van der Waals surface area contributed by atoms with Gasteiger partial charge in [-0.2, -0.15) is 0 Å². The van der Waals surface area contributed by atoms with Gasteiger partial charge in [-0.15, -0.1) is 0 Å². The fourth-order valence-corrected chi connectivity index (χ4v) is 1.71. The van der Waals surface area contributed by atoms with E-state index in [1.165, 1.54) is 6.26 Å². The highest BCUT2D eigenvalue weighted by Crippen LogP contribution is 2.26. The number of anilines is 1. The van der Waals surface area contributed by atoms with Crippen molar-refractivity contribution in [3.05, 3.63) is 51.9 Å². The molecule has 1 N–H and O–H groups in total. The Morgan fingerprint density at radius 2 is 2.06 bits per heavy atom. The van der Waals surface area contributed by atoms with Crippen molar-refractivity contribution in [2.45, 2.75) is 6.92 Å². The molecule has 0 saturated carbocycles. The summed E-state index contributed by atoms with van der Waals surface area (Å²) in [5.74, 6) is -0.0855. The molecule has 1 aromatic carbocycles. The topological polar surface area (TPSA) is 42.2 Å². The highest BCUT2D eigenvalue weighted by Gasteiger charge is 2.14. The second kappa shape index (κ2) is 4.82. The van der Waals surface area contributed by atoms with Crippen molar-refractivity contribution in [1.29, 1.82) is 0 Å². The van der Waals surface area contributed by atoms with E-state index in [0.717, 1.165) is 5.56 Å². The van der Waals surface area contributed by atoms with E-state index in [9.17, 15) is 4.79 Å². The maximum atomic E-state index is 11.9. The van der Waals surface area contributed by atoms with Gasteiger partial charge in [0.05, 0.1) is 17.0 Å². The van der Waals surface area contributed by atoms with Gasteiger partial charge in [0, 0.05) is 10.6 Å². The highest BCUT2D eigenvalue weighted by molar-refractivity contribution is 6.35. The first-order valence-corrected chi connectivity index (χ1v) is 5.64. The Bertz CT molecular complexity index is 563. The molecule has 1 amide bonds. The lowest BCUT2D eigenvalue weighted by molar-refractivity contribution is 0.0996. The standard InChI is InChI=1S/C12H9Cl2NO2/c1-7-4-5-17-11(7)12(16)15-10-6-8(13)2-3-9(10)14/h2-6H,1H3,(H,15,16). The van der Waals surface area contributed by atoms with Crippen LogP contribution in [0.4, 0.5) is 5.69 Å². The van der Waals surface area contributed by atoms with Crippen LogP contribution in [0, 0.1) is 6.92 Å². The molecule has 0 saturated heterocycles. The fraction of sp³-hybridized carbons (Fsp3) is 0.0833. The van der Waals surface area contributed by atoms with Crippen molar-refractivity contribution in [3.8, 4) is 0 Å². The molecule has 0 unspecified atom stereocenters. The molecule has 88 valence electrons. The van der Waals surface area contributed by atoms with E-state index >= 15 is 0 Å². The maximum Gasteiger partial charge on any atom is 0.291 e. The summed E-state index contributed by atoms with van der Waals surface area (Å²) in [6, 6.07) is 6.57. The van der Waals surface area contributed by atoms with Crippen molar-refractivity contribution in [1.82, 2.24) is 0 Å². The minimum absolute atomic E-state index is 0.265. The third kappa shape index (κ3) is 2.62. The monoisotopic (exact) mass is 269 g/mol. The number of hydrogen-bond donors (Lipinski definition) is 1. The Kier molecular flexibility index (Phi) is 3.41. The summed E-state index contributed by atoms with van der Waals surface area (Å²) in [5.41, 5.74) is 1.22. The number of carbonyl (C=O) groups is 1. The summed E-state index contributed by atoms with van der Waals surface area (Å²) in [5, 5.41) is 3.57. The Balaban J connectivity index is 2.24. The van der Waals surface area contributed by atoms with E-state index in [1.807, 2.05) is 0 Å². The smallest absolute Gasteiger partial charge is 0.291 e. The molecule has 2 rings (SSSR count). The summed E-state index contributed by atoms with van der Waals surface area (Å²) in [6.45, 7) is 1.79. The number of rotatable bonds is 2. The van der Waals surface area contributed by atoms with Crippen LogP contribution in [0.25, 0.3) is 0 Å². The van der Waals surface area contributed by atoms with Crippen LogP contribution in [0.5, 0.6) is 0 Å². The first-order valence-electron chi connectivity index (χ1n) is 4.88. The zero-order chi connectivity index (χ0) is 12.4. The van der Waals surface area contributed by atoms with Gasteiger partial charge in [0.15, 0.2) is 5.76 Å². The number of hydrogen-bond acceptors (Lipinski definition) is 2. The molecule has 1 aromatic heterocycles. The van der Waals surface area contributed by atoms with Crippen LogP contribution in [-0.2, 0) is 0 Å². The van der Waals surface area contributed by atoms with E-state index in [1.54, 1.807) is 31.2 Å². The maximum absolute atomic E-state index is 11.9. The zero-order valence-electron chi connectivity index (χ0n) is 8.96. The lowest BCUT2D eigenvalue weighted by atomic mass is 10.2. The van der Waals surface area contributed by atoms with Crippen molar-refractivity contribution in [3.63, 3.8) is 0 Å². The van der Waals surface area contributed by atoms with E-state index in [4.69, 9.17) is 27.6 Å². The van der Waals surface area contributed by atoms with Gasteiger partial charge in [-0.05, 0) is 31.2 Å². The van der Waals surface area contributed by atoms with E-state index in [2.05, 4.69) is 5.32 Å². The molecular formula is C12H9Cl2NO2. The van der Waals surface area contributed by atoms with Crippen LogP contribution in [0.15, 0.2) is 34.9 Å². The molecule has 0 radical (unpaired) electrons. The largest absolute Gasteiger partial charge is 0.459 e. The number of nitrogens with one attached hydrogen (secondary N) is 1. The predicted molar refractivity (Wildman–Crippen MR) is 67.9 cm³/mol. The number of furan rings is 1. The van der Waals surface area contributed by atoms with Gasteiger partial charge in [0.2, 0.25) is 0 Å². The molecule has 0 aliphatic carbocycles. The fourth-order valence-electron chi connectivity index (χ4n) is 1.38. The number of carbonyl (C=O) groups excluding carboxylic acids is 1. The molecule has 3 nitrogen and oxygen atoms in total. The summed E-state index contributed by atoms with van der Waals surface area (Å²) >= 11 is 11.8. The number of halogens is 2. The van der Waals surface area contributed by atoms with Gasteiger partial charge >= 0.3 is 0 Å². The zero-order valence-corrected chi connectivity index (χ0v) is 10.5. The molecule has 0 atom stereocenters. The molecule has 1 heterocycles. The second-order valence-electron chi connectivity index (χ2n) is 3.51. The highest BCUT2D eigenvalue weighted by atomic mass is 35.5. The normalized spacial score (nSPS) is 10.3. The molecule has 17 heavy (non-hydrogen) atoms. The van der Waals surface area contributed by atoms with E-state index in [-0.39, 0.29) is 11.7 Å². The Labute approximate surface area is 108 Å². The van der Waals surface area contributed by atoms with Crippen molar-refractivity contribution in [2.75, 3.05) is 5.32 Å². The van der Waals surface area contributed by atoms with Crippen molar-refractivity contribution >= 4 is 34.8 Å². The van der Waals surface area contributed by atoms with Gasteiger partial charge in [0.25, 0.3) is 5.91 Å². The third-order valence-electron chi connectivity index (χ3n) is 2.24. The molecule has 2 aromatic rings. The number of amides is 1. The first kappa shape index (κ1) is 12.0. The van der Waals surface area contributed by atoms with Gasteiger partial charge in [0.1, 0.15) is 0 Å². The summed E-state index contributed by atoms with van der Waals surface area (Å²) in [4.78, 5) is 11.9. The lowest BCUT2D eigenvalue weighted by Gasteiger charge is -2.06. The summed E-state index contributed by atoms with van der Waals surface area (Å²) in [6.07, 6.45) is 1.46. The van der Waals surface area contributed by atoms with Gasteiger partial charge < -0.3 is 9.73 Å². The Morgan fingerprint density at radius 3 is 2.71 bits per heavy atom. The van der Waals surface area contributed by atoms with Crippen LogP contribution in [-0.4, -0.2) is 5.91 Å². The van der Waals surface area contributed by atoms with Crippen LogP contribution in [0.1, 0.15) is 16.1 Å². The van der Waals surface area contributed by atoms with Crippen LogP contribution >= 0.6 is 23.2 Å². The summed E-state index contributed by atoms with van der Waals surface area (Å²) in [7, 11) is 0. The van der Waals surface area contributed by atoms with E-state index in [0.29, 0.717) is 15.7 Å². The SMILES string of the molecule is Cc1ccoc1C(=O)Nc1cc(Cl)ccc1Cl. The van der Waals surface area contributed by atoms with Crippen LogP contribution in [0.3, 0.4) is 0 Å². The lowest BCUT2D eigenvalue weighted by Crippen LogP contribution is -2.12. The third-order valence-corrected chi connectivity index (χ3v) is 2.81.